The highest BCUT2D eigenvalue weighted by Crippen LogP contribution is 2.48. The number of phenols is 1. The summed E-state index contributed by atoms with van der Waals surface area (Å²) in [5, 5.41) is 13.4. The van der Waals surface area contributed by atoms with Crippen LogP contribution in [0.15, 0.2) is 42.5 Å². The van der Waals surface area contributed by atoms with Crippen LogP contribution in [-0.4, -0.2) is 48.0 Å². The zero-order valence-corrected chi connectivity index (χ0v) is 17.7. The van der Waals surface area contributed by atoms with Gasteiger partial charge in [0.1, 0.15) is 17.9 Å². The third-order valence-corrected chi connectivity index (χ3v) is 7.34. The van der Waals surface area contributed by atoms with E-state index in [1.165, 1.54) is 19.3 Å². The van der Waals surface area contributed by atoms with Crippen molar-refractivity contribution in [2.24, 2.45) is 0 Å². The summed E-state index contributed by atoms with van der Waals surface area (Å²) in [4.78, 5) is 12.6. The highest BCUT2D eigenvalue weighted by Gasteiger charge is 2.58. The van der Waals surface area contributed by atoms with Gasteiger partial charge in [-0.15, -0.1) is 0 Å². The molecule has 29 heavy (non-hydrogen) atoms. The average molecular weight is 416 g/mol. The van der Waals surface area contributed by atoms with Gasteiger partial charge in [-0.1, -0.05) is 23.7 Å². The van der Waals surface area contributed by atoms with E-state index in [9.17, 15) is 9.90 Å². The zero-order valence-electron chi connectivity index (χ0n) is 17.0. The fraction of sp³-hybridized carbons (Fsp3) is 0.435. The molecule has 0 aromatic heterocycles. The number of halogens is 1. The lowest BCUT2D eigenvalue weighted by Gasteiger charge is -2.49. The molecule has 2 heterocycles. The molecule has 2 atom stereocenters. The van der Waals surface area contributed by atoms with Crippen LogP contribution in [0.4, 0.5) is 10.5 Å². The highest BCUT2D eigenvalue weighted by atomic mass is 35.5. The number of phenolic OH excluding ortho intramolecular Hbond substituents is 1. The van der Waals surface area contributed by atoms with Crippen LogP contribution in [0.1, 0.15) is 32.1 Å². The molecule has 5 nitrogen and oxygen atoms in total. The molecule has 154 valence electrons. The largest absolute Gasteiger partial charge is 0.508 e. The van der Waals surface area contributed by atoms with Crippen LogP contribution < -0.4 is 5.32 Å². The Morgan fingerprint density at radius 3 is 2.86 bits per heavy atom. The van der Waals surface area contributed by atoms with E-state index in [4.69, 9.17) is 16.3 Å². The number of nitrogens with zero attached hydrogens (tertiary/aromatic N) is 1. The first-order chi connectivity index (χ1) is 13.8. The van der Waals surface area contributed by atoms with Gasteiger partial charge in [0, 0.05) is 29.8 Å². The molecule has 2 saturated heterocycles. The Kier molecular flexibility index (Phi) is 5.21. The van der Waals surface area contributed by atoms with Gasteiger partial charge in [0.15, 0.2) is 0 Å². The molecule has 1 amide bonds. The Labute approximate surface area is 176 Å². The number of carbonyl (C=O) groups excluding carboxylic acids is 1. The van der Waals surface area contributed by atoms with Crippen molar-refractivity contribution >= 4 is 23.4 Å². The lowest BCUT2D eigenvalue weighted by atomic mass is 9.87. The second kappa shape index (κ2) is 7.54. The zero-order chi connectivity index (χ0) is 20.6. The van der Waals surface area contributed by atoms with Crippen molar-refractivity contribution in [3.8, 4) is 16.9 Å². The molecule has 2 aromatic carbocycles. The number of fused-ring (bicyclic) bond motifs is 2. The Morgan fingerprint density at radius 2 is 2.07 bits per heavy atom. The van der Waals surface area contributed by atoms with E-state index in [0.717, 1.165) is 22.9 Å². The molecule has 0 aliphatic carbocycles. The van der Waals surface area contributed by atoms with Gasteiger partial charge in [0.2, 0.25) is 0 Å². The summed E-state index contributed by atoms with van der Waals surface area (Å²) in [5.41, 5.74) is 2.10. The lowest BCUT2D eigenvalue weighted by molar-refractivity contribution is -0.956. The van der Waals surface area contributed by atoms with Crippen molar-refractivity contribution in [2.45, 2.75) is 43.7 Å². The summed E-state index contributed by atoms with van der Waals surface area (Å²) in [6, 6.07) is 12.8. The summed E-state index contributed by atoms with van der Waals surface area (Å²) in [6.45, 7) is 0.424. The summed E-state index contributed by atoms with van der Waals surface area (Å²) in [6.07, 6.45) is 5.39. The number of anilines is 1. The molecule has 2 aromatic rings. The van der Waals surface area contributed by atoms with Crippen molar-refractivity contribution < 1.29 is 19.1 Å². The second-order valence-electron chi connectivity index (χ2n) is 8.79. The molecular formula is C23H28ClN2O3+. The van der Waals surface area contributed by atoms with E-state index < -0.39 is 6.09 Å². The smallest absolute Gasteiger partial charge is 0.411 e. The standard InChI is InChI=1S/C23H27ClN2O3/c1-26(2)18-7-4-11-23(26,12-10-18)15-29-22(28)25-21-9-8-19(27)14-20(21)16-5-3-6-17(24)13-16/h3,5-6,8-9,13-14,18H,4,7,10-12,15H2,1-2H3,(H-,25,27,28)/p+1. The van der Waals surface area contributed by atoms with Crippen LogP contribution in [0.25, 0.3) is 11.1 Å². The monoisotopic (exact) mass is 415 g/mol. The number of hydrogen-bond acceptors (Lipinski definition) is 3. The Balaban J connectivity index is 1.49. The maximum absolute atomic E-state index is 12.6. The number of likely N-dealkylation sites (N-methyl/N-ethyl adjacent to an activating group) is 1. The average Bonchev–Trinajstić information content (AvgIpc) is 2.84. The van der Waals surface area contributed by atoms with Crippen molar-refractivity contribution in [3.63, 3.8) is 0 Å². The van der Waals surface area contributed by atoms with Gasteiger partial charge >= 0.3 is 6.09 Å². The molecule has 6 heteroatoms. The predicted octanol–water partition coefficient (Wildman–Crippen LogP) is 5.42. The minimum Gasteiger partial charge on any atom is -0.508 e. The summed E-state index contributed by atoms with van der Waals surface area (Å²) < 4.78 is 6.67. The molecule has 0 radical (unpaired) electrons. The molecule has 2 aliphatic rings. The Bertz CT molecular complexity index is 926. The Morgan fingerprint density at radius 1 is 1.24 bits per heavy atom. The molecule has 0 saturated carbocycles. The van der Waals surface area contributed by atoms with Gasteiger partial charge in [0.25, 0.3) is 0 Å². The number of aromatic hydroxyl groups is 1. The molecule has 2 aliphatic heterocycles. The maximum Gasteiger partial charge on any atom is 0.411 e. The number of piperidine rings is 1. The van der Waals surface area contributed by atoms with Crippen LogP contribution in [0, 0.1) is 0 Å². The first-order valence-electron chi connectivity index (χ1n) is 10.2. The third kappa shape index (κ3) is 3.69. The number of quaternary nitrogens is 1. The number of amides is 1. The topological polar surface area (TPSA) is 58.6 Å². The molecule has 2 fully saturated rings. The summed E-state index contributed by atoms with van der Waals surface area (Å²) in [5.74, 6) is 0.121. The van der Waals surface area contributed by atoms with E-state index in [0.29, 0.717) is 28.9 Å². The van der Waals surface area contributed by atoms with Gasteiger partial charge < -0.3 is 14.3 Å². The number of hydrogen-bond donors (Lipinski definition) is 2. The minimum atomic E-state index is -0.470. The van der Waals surface area contributed by atoms with Crippen LogP contribution in [-0.2, 0) is 4.74 Å². The van der Waals surface area contributed by atoms with Crippen LogP contribution >= 0.6 is 11.6 Å². The van der Waals surface area contributed by atoms with Crippen molar-refractivity contribution in [2.75, 3.05) is 26.0 Å². The fourth-order valence-corrected chi connectivity index (χ4v) is 5.36. The minimum absolute atomic E-state index is 0.0188. The first kappa shape index (κ1) is 20.0. The third-order valence-electron chi connectivity index (χ3n) is 7.11. The van der Waals surface area contributed by atoms with Crippen LogP contribution in [0.2, 0.25) is 5.02 Å². The molecular weight excluding hydrogens is 388 g/mol. The SMILES string of the molecule is C[N+]1(C)C2CCCC1(COC(=O)Nc1ccc(O)cc1-c1cccc(Cl)c1)CC2. The van der Waals surface area contributed by atoms with Gasteiger partial charge in [-0.3, -0.25) is 5.32 Å². The number of carbonyl (C=O) groups is 1. The van der Waals surface area contributed by atoms with Crippen LogP contribution in [0.3, 0.4) is 0 Å². The lowest BCUT2D eigenvalue weighted by Crippen LogP contribution is -2.63. The van der Waals surface area contributed by atoms with Gasteiger partial charge in [-0.05, 0) is 48.7 Å². The predicted molar refractivity (Wildman–Crippen MR) is 115 cm³/mol. The molecule has 4 rings (SSSR count). The summed E-state index contributed by atoms with van der Waals surface area (Å²) >= 11 is 6.11. The van der Waals surface area contributed by atoms with Gasteiger partial charge in [-0.2, -0.15) is 0 Å². The summed E-state index contributed by atoms with van der Waals surface area (Å²) in [7, 11) is 4.55. The Hall–Kier alpha value is -2.24. The van der Waals surface area contributed by atoms with Crippen molar-refractivity contribution in [1.82, 2.24) is 0 Å². The number of nitrogens with one attached hydrogen (secondary N) is 1. The maximum atomic E-state index is 12.6. The van der Waals surface area contributed by atoms with Crippen LogP contribution in [0.5, 0.6) is 5.75 Å². The first-order valence-corrected chi connectivity index (χ1v) is 10.6. The highest BCUT2D eigenvalue weighted by molar-refractivity contribution is 6.30. The fourth-order valence-electron chi connectivity index (χ4n) is 5.17. The van der Waals surface area contributed by atoms with E-state index in [1.54, 1.807) is 30.3 Å². The van der Waals surface area contributed by atoms with Crippen molar-refractivity contribution in [3.05, 3.63) is 47.5 Å². The quantitative estimate of drug-likeness (QED) is 0.517. The van der Waals surface area contributed by atoms with E-state index in [1.807, 2.05) is 12.1 Å². The van der Waals surface area contributed by atoms with Gasteiger partial charge in [-0.25, -0.2) is 4.79 Å². The molecule has 0 spiro atoms. The second-order valence-corrected chi connectivity index (χ2v) is 9.23. The van der Waals surface area contributed by atoms with E-state index in [-0.39, 0.29) is 11.3 Å². The number of ether oxygens (including phenoxy) is 1. The van der Waals surface area contributed by atoms with E-state index in [2.05, 4.69) is 19.4 Å². The van der Waals surface area contributed by atoms with E-state index >= 15 is 0 Å². The van der Waals surface area contributed by atoms with Gasteiger partial charge in [0.05, 0.1) is 25.8 Å². The molecule has 2 N–H and O–H groups in total. The number of benzene rings is 2. The molecule has 2 bridgehead atoms. The van der Waals surface area contributed by atoms with Crippen molar-refractivity contribution in [1.29, 1.82) is 0 Å². The number of rotatable bonds is 4. The molecule has 2 unspecified atom stereocenters. The normalized spacial score (nSPS) is 24.9.